The van der Waals surface area contributed by atoms with E-state index in [-0.39, 0.29) is 10.8 Å². The molecule has 0 amide bonds. The largest absolute Gasteiger partial charge is 0.398 e. The average molecular weight is 304 g/mol. The fraction of sp³-hybridized carbons (Fsp3) is 0.250. The standard InChI is InChI=1S/C16H20N2O2S/c1-11(2)15-10-13(6-9-16(15)17)18-21(19,20)14-7-4-12(3)5-8-14/h4-11,18H,17H2,1-3H3. The summed E-state index contributed by atoms with van der Waals surface area (Å²) in [4.78, 5) is 0.246. The minimum absolute atomic E-state index is 0.230. The molecule has 2 aromatic carbocycles. The topological polar surface area (TPSA) is 72.2 Å². The van der Waals surface area contributed by atoms with Crippen LogP contribution in [0.1, 0.15) is 30.9 Å². The summed E-state index contributed by atoms with van der Waals surface area (Å²) in [7, 11) is -3.58. The molecule has 0 aliphatic heterocycles. The number of nitrogen functional groups attached to an aromatic ring is 1. The summed E-state index contributed by atoms with van der Waals surface area (Å²) in [6, 6.07) is 11.9. The fourth-order valence-electron chi connectivity index (χ4n) is 2.07. The van der Waals surface area contributed by atoms with Crippen LogP contribution in [0.5, 0.6) is 0 Å². The number of nitrogens with two attached hydrogens (primary N) is 1. The van der Waals surface area contributed by atoms with E-state index < -0.39 is 10.0 Å². The number of aryl methyl sites for hydroxylation is 1. The van der Waals surface area contributed by atoms with Crippen LogP contribution in [0.3, 0.4) is 0 Å². The number of rotatable bonds is 4. The molecule has 0 saturated heterocycles. The third-order valence-corrected chi connectivity index (χ3v) is 4.69. The Labute approximate surface area is 126 Å². The number of nitrogens with one attached hydrogen (secondary N) is 1. The molecule has 0 fully saturated rings. The van der Waals surface area contributed by atoms with Crippen LogP contribution in [0.4, 0.5) is 11.4 Å². The van der Waals surface area contributed by atoms with E-state index in [9.17, 15) is 8.42 Å². The van der Waals surface area contributed by atoms with Gasteiger partial charge in [0.05, 0.1) is 4.90 Å². The van der Waals surface area contributed by atoms with E-state index in [1.54, 1.807) is 42.5 Å². The molecule has 2 rings (SSSR count). The Bertz CT molecular complexity index is 735. The molecule has 0 bridgehead atoms. The van der Waals surface area contributed by atoms with Crippen molar-refractivity contribution in [1.82, 2.24) is 0 Å². The molecular weight excluding hydrogens is 284 g/mol. The molecule has 3 N–H and O–H groups in total. The quantitative estimate of drug-likeness (QED) is 0.849. The highest BCUT2D eigenvalue weighted by atomic mass is 32.2. The lowest BCUT2D eigenvalue weighted by Crippen LogP contribution is -2.13. The first-order valence-electron chi connectivity index (χ1n) is 6.78. The Hall–Kier alpha value is -2.01. The number of sulfonamides is 1. The zero-order valence-electron chi connectivity index (χ0n) is 12.4. The lowest BCUT2D eigenvalue weighted by Gasteiger charge is -2.13. The number of benzene rings is 2. The summed E-state index contributed by atoms with van der Waals surface area (Å²) in [5, 5.41) is 0. The van der Waals surface area contributed by atoms with Crippen LogP contribution in [0, 0.1) is 6.92 Å². The van der Waals surface area contributed by atoms with Gasteiger partial charge in [0.25, 0.3) is 10.0 Å². The van der Waals surface area contributed by atoms with Crippen molar-refractivity contribution < 1.29 is 8.42 Å². The second kappa shape index (κ2) is 5.77. The zero-order chi connectivity index (χ0) is 15.6. The molecule has 0 radical (unpaired) electrons. The molecular formula is C16H20N2O2S. The van der Waals surface area contributed by atoms with Crippen molar-refractivity contribution in [3.05, 3.63) is 53.6 Å². The first-order valence-corrected chi connectivity index (χ1v) is 8.27. The van der Waals surface area contributed by atoms with Crippen molar-refractivity contribution in [3.63, 3.8) is 0 Å². The molecule has 0 saturated carbocycles. The average Bonchev–Trinajstić information content (AvgIpc) is 2.41. The monoisotopic (exact) mass is 304 g/mol. The predicted molar refractivity (Wildman–Crippen MR) is 86.9 cm³/mol. The van der Waals surface area contributed by atoms with Gasteiger partial charge in [-0.05, 0) is 48.7 Å². The van der Waals surface area contributed by atoms with Gasteiger partial charge < -0.3 is 5.73 Å². The molecule has 0 spiro atoms. The van der Waals surface area contributed by atoms with E-state index in [2.05, 4.69) is 4.72 Å². The van der Waals surface area contributed by atoms with Gasteiger partial charge in [0, 0.05) is 11.4 Å². The lowest BCUT2D eigenvalue weighted by molar-refractivity contribution is 0.601. The predicted octanol–water partition coefficient (Wildman–Crippen LogP) is 3.50. The molecule has 5 heteroatoms. The maximum atomic E-state index is 12.3. The van der Waals surface area contributed by atoms with E-state index in [1.807, 2.05) is 20.8 Å². The lowest BCUT2D eigenvalue weighted by atomic mass is 10.0. The van der Waals surface area contributed by atoms with Crippen molar-refractivity contribution in [2.45, 2.75) is 31.6 Å². The number of hydrogen-bond acceptors (Lipinski definition) is 3. The Kier molecular flexibility index (Phi) is 4.23. The third kappa shape index (κ3) is 3.55. The summed E-state index contributed by atoms with van der Waals surface area (Å²) in [5.41, 5.74) is 9.04. The van der Waals surface area contributed by atoms with E-state index >= 15 is 0 Å². The molecule has 0 heterocycles. The van der Waals surface area contributed by atoms with Crippen molar-refractivity contribution in [2.75, 3.05) is 10.5 Å². The summed E-state index contributed by atoms with van der Waals surface area (Å²) >= 11 is 0. The summed E-state index contributed by atoms with van der Waals surface area (Å²) in [5.74, 6) is 0.230. The van der Waals surface area contributed by atoms with Crippen LogP contribution in [0.25, 0.3) is 0 Å². The minimum Gasteiger partial charge on any atom is -0.398 e. The van der Waals surface area contributed by atoms with Gasteiger partial charge in [0.1, 0.15) is 0 Å². The number of anilines is 2. The fourth-order valence-corrected chi connectivity index (χ4v) is 3.12. The molecule has 112 valence electrons. The summed E-state index contributed by atoms with van der Waals surface area (Å²) in [6.07, 6.45) is 0. The zero-order valence-corrected chi connectivity index (χ0v) is 13.2. The van der Waals surface area contributed by atoms with Gasteiger partial charge in [-0.3, -0.25) is 4.72 Å². The molecule has 0 aliphatic rings. The molecule has 0 aromatic heterocycles. The van der Waals surface area contributed by atoms with Crippen LogP contribution in [0.15, 0.2) is 47.4 Å². The molecule has 0 atom stereocenters. The van der Waals surface area contributed by atoms with Gasteiger partial charge in [0.15, 0.2) is 0 Å². The van der Waals surface area contributed by atoms with Crippen molar-refractivity contribution in [2.24, 2.45) is 0 Å². The normalized spacial score (nSPS) is 11.6. The van der Waals surface area contributed by atoms with Crippen LogP contribution in [-0.4, -0.2) is 8.42 Å². The Morgan fingerprint density at radius 3 is 2.24 bits per heavy atom. The number of hydrogen-bond donors (Lipinski definition) is 2. The first kappa shape index (κ1) is 15.4. The minimum atomic E-state index is -3.58. The summed E-state index contributed by atoms with van der Waals surface area (Å²) < 4.78 is 27.3. The van der Waals surface area contributed by atoms with E-state index in [4.69, 9.17) is 5.73 Å². The summed E-state index contributed by atoms with van der Waals surface area (Å²) in [6.45, 7) is 5.95. The highest BCUT2D eigenvalue weighted by Gasteiger charge is 2.15. The van der Waals surface area contributed by atoms with E-state index in [1.165, 1.54) is 0 Å². The molecule has 2 aromatic rings. The second-order valence-electron chi connectivity index (χ2n) is 5.42. The maximum Gasteiger partial charge on any atom is 0.261 e. The molecule has 0 aliphatic carbocycles. The second-order valence-corrected chi connectivity index (χ2v) is 7.10. The molecule has 0 unspecified atom stereocenters. The maximum absolute atomic E-state index is 12.3. The Morgan fingerprint density at radius 2 is 1.67 bits per heavy atom. The SMILES string of the molecule is Cc1ccc(S(=O)(=O)Nc2ccc(N)c(C(C)C)c2)cc1. The molecule has 4 nitrogen and oxygen atoms in total. The van der Waals surface area contributed by atoms with Crippen LogP contribution >= 0.6 is 0 Å². The van der Waals surface area contributed by atoms with Crippen LogP contribution in [0.2, 0.25) is 0 Å². The van der Waals surface area contributed by atoms with Gasteiger partial charge in [-0.25, -0.2) is 8.42 Å². The van der Waals surface area contributed by atoms with Gasteiger partial charge in [-0.1, -0.05) is 31.5 Å². The first-order chi connectivity index (χ1) is 9.79. The van der Waals surface area contributed by atoms with E-state index in [0.717, 1.165) is 11.1 Å². The Morgan fingerprint density at radius 1 is 1.05 bits per heavy atom. The van der Waals surface area contributed by atoms with E-state index in [0.29, 0.717) is 11.4 Å². The highest BCUT2D eigenvalue weighted by molar-refractivity contribution is 7.92. The van der Waals surface area contributed by atoms with Gasteiger partial charge in [0.2, 0.25) is 0 Å². The van der Waals surface area contributed by atoms with Crippen LogP contribution < -0.4 is 10.5 Å². The smallest absolute Gasteiger partial charge is 0.261 e. The van der Waals surface area contributed by atoms with Crippen molar-refractivity contribution in [3.8, 4) is 0 Å². The van der Waals surface area contributed by atoms with Gasteiger partial charge in [-0.15, -0.1) is 0 Å². The Balaban J connectivity index is 2.33. The third-order valence-electron chi connectivity index (χ3n) is 3.29. The molecule has 21 heavy (non-hydrogen) atoms. The van der Waals surface area contributed by atoms with Gasteiger partial charge >= 0.3 is 0 Å². The highest BCUT2D eigenvalue weighted by Crippen LogP contribution is 2.26. The van der Waals surface area contributed by atoms with Crippen molar-refractivity contribution >= 4 is 21.4 Å². The van der Waals surface area contributed by atoms with Crippen molar-refractivity contribution in [1.29, 1.82) is 0 Å². The van der Waals surface area contributed by atoms with Crippen LogP contribution in [-0.2, 0) is 10.0 Å². The van der Waals surface area contributed by atoms with Gasteiger partial charge in [-0.2, -0.15) is 0 Å².